The number of methoxy groups -OCH3 is 1. The van der Waals surface area contributed by atoms with Gasteiger partial charge >= 0.3 is 35.8 Å². The number of hydrogen-bond acceptors (Lipinski definition) is 24. The number of amides is 1. The quantitative estimate of drug-likeness (QED) is 0.00704. The number of azide groups is 1. The summed E-state index contributed by atoms with van der Waals surface area (Å²) in [5, 5.41) is 7.07. The fraction of sp³-hybridized carbons (Fsp3) is 0.444. The number of carbonyl (C=O) groups excluding carboxylic acids is 7. The van der Waals surface area contributed by atoms with E-state index < -0.39 is 170 Å². The van der Waals surface area contributed by atoms with Crippen molar-refractivity contribution in [1.82, 2.24) is 5.32 Å². The predicted molar refractivity (Wildman–Crippen MR) is 480 cm³/mol. The van der Waals surface area contributed by atoms with Crippen LogP contribution < -0.4 is 10.1 Å². The second-order valence-corrected chi connectivity index (χ2v) is 34.1. The number of nitrogens with one attached hydrogen (secondary N) is 1. The number of halogens is 3. The van der Waals surface area contributed by atoms with Crippen molar-refractivity contribution in [1.29, 1.82) is 0 Å². The Kier molecular flexibility index (Phi) is 40.4. The third-order valence-corrected chi connectivity index (χ3v) is 22.8. The molecule has 27 nitrogen and oxygen atoms in total. The molecule has 0 radical (unpaired) electrons. The number of unbranched alkanes of at least 4 members (excludes halogenated alkanes) is 14. The molecule has 3 fully saturated rings. The summed E-state index contributed by atoms with van der Waals surface area (Å²) in [7, 11) is 1.52. The Bertz CT molecular complexity index is 4770. The second kappa shape index (κ2) is 52.5. The molecule has 3 aliphatic rings. The first-order valence-electron chi connectivity index (χ1n) is 44.0. The Morgan fingerprint density at radius 2 is 0.860 bits per heavy atom. The number of nitrogens with zero attached hydrogens (tertiary/aromatic N) is 3. The SMILES string of the molecule is CCCCCCCCCCCCCCCCC[C@@H](OC(=O)c1ccccc1)[C@H](CO[C@H]1O[C@H](COC(=O)c2ccccc2)[C@@H](OC(=O)c2ccccc2)[C@H](OC(=O)c2ccccc2)[C@@H]1O[C@@H]1O[C@H](COCc2ccccc2)[C@@H](OCc2ccccc2)[C@H](O[C@@H]2O[C@@H](C)[C@@H](OC(C)=O)[C@@H](OCc3ccc(OC)cc3)[C@@H]2OC(=O)c2ccccc2)[C@H]1NC(=O)C(Cl)(Cl)Cl)N=[N+]=[N-]. The molecular formula is C99H113Cl3N4O23. The molecule has 0 aliphatic carbocycles. The molecule has 17 atom stereocenters. The van der Waals surface area contributed by atoms with Crippen molar-refractivity contribution in [2.75, 3.05) is 26.9 Å². The molecule has 0 spiro atoms. The first-order chi connectivity index (χ1) is 62.7. The van der Waals surface area contributed by atoms with E-state index in [0.29, 0.717) is 35.3 Å². The lowest BCUT2D eigenvalue weighted by atomic mass is 9.94. The topological polar surface area (TPSA) is 328 Å². The maximum atomic E-state index is 15.5. The summed E-state index contributed by atoms with van der Waals surface area (Å²) in [5.41, 5.74) is 12.9. The van der Waals surface area contributed by atoms with Crippen LogP contribution in [0.5, 0.6) is 5.75 Å². The maximum Gasteiger partial charge on any atom is 0.338 e. The van der Waals surface area contributed by atoms with Gasteiger partial charge in [-0.3, -0.25) is 9.59 Å². The Labute approximate surface area is 767 Å². The molecule has 30 heteroatoms. The van der Waals surface area contributed by atoms with E-state index in [2.05, 4.69) is 22.3 Å². The molecule has 0 unspecified atom stereocenters. The van der Waals surface area contributed by atoms with Crippen LogP contribution in [0.25, 0.3) is 10.4 Å². The van der Waals surface area contributed by atoms with Crippen molar-refractivity contribution >= 4 is 76.5 Å². The first-order valence-corrected chi connectivity index (χ1v) is 45.1. The van der Waals surface area contributed by atoms with Crippen molar-refractivity contribution in [3.05, 3.63) is 292 Å². The van der Waals surface area contributed by atoms with Gasteiger partial charge in [0, 0.05) is 11.8 Å². The molecular weight excluding hydrogens is 1720 g/mol. The zero-order chi connectivity index (χ0) is 91.1. The summed E-state index contributed by atoms with van der Waals surface area (Å²) < 4.78 is 105. The molecule has 3 aliphatic heterocycles. The van der Waals surface area contributed by atoms with Crippen LogP contribution >= 0.6 is 34.8 Å². The van der Waals surface area contributed by atoms with Crippen LogP contribution in [0.1, 0.15) is 192 Å². The zero-order valence-electron chi connectivity index (χ0n) is 72.8. The molecule has 11 rings (SSSR count). The summed E-state index contributed by atoms with van der Waals surface area (Å²) in [5.74, 6) is -6.16. The number of rotatable bonds is 49. The lowest BCUT2D eigenvalue weighted by Crippen LogP contribution is -2.71. The van der Waals surface area contributed by atoms with Gasteiger partial charge in [0.1, 0.15) is 55.0 Å². The molecule has 8 aromatic carbocycles. The van der Waals surface area contributed by atoms with E-state index in [0.717, 1.165) is 32.1 Å². The number of esters is 6. The molecule has 3 saturated heterocycles. The van der Waals surface area contributed by atoms with Gasteiger partial charge < -0.3 is 81.1 Å². The van der Waals surface area contributed by atoms with Gasteiger partial charge in [-0.05, 0) is 115 Å². The third kappa shape index (κ3) is 30.9. The molecule has 8 aromatic rings. The monoisotopic (exact) mass is 1830 g/mol. The van der Waals surface area contributed by atoms with Gasteiger partial charge in [-0.2, -0.15) is 0 Å². The number of ether oxygens (including phenoxy) is 16. The smallest absolute Gasteiger partial charge is 0.338 e. The van der Waals surface area contributed by atoms with E-state index in [9.17, 15) is 24.7 Å². The van der Waals surface area contributed by atoms with Gasteiger partial charge in [-0.1, -0.05) is 301 Å². The average molecular weight is 1830 g/mol. The standard InChI is InChI=1S/C99H113Cl3N4O23/c1-5-6-7-8-9-10-11-12-13-14-15-16-17-18-40-55-78(122-91(109)72-47-32-22-33-48-72)77(105-106-103)63-119-96-89(87(126-93(111)74-51-36-24-37-52-74)84(125-92(110)73-49-34-23-35-50-73)80(124-96)65-118-90(108)71-45-30-21-31-46-71)129-95-81(104-98(113)99(100,101)102)85(83(116-61-69-43-28-20-29-44-69)79(123-95)64-115-60-68-41-26-19-27-42-68)128-97-88(127-94(112)75-53-38-25-39-54-75)86(82(66(2)120-97)121-67(3)107)117-62-70-56-58-76(114-4)59-57-70/h19-39,41-54,56-59,66,77-89,95-97H,5-18,40,55,60-65H2,1-4H3,(H,104,113)/t66-,77-,78+,79+,80+,81+,82+,83+,84+,85+,86+,87-,88-,89-,95-,96-,97-/m0/s1. The van der Waals surface area contributed by atoms with E-state index >= 15 is 14.4 Å². The average Bonchev–Trinajstić information content (AvgIpc) is 0.753. The number of alkyl halides is 3. The van der Waals surface area contributed by atoms with Gasteiger partial charge in [0.25, 0.3) is 9.70 Å². The molecule has 0 bridgehead atoms. The van der Waals surface area contributed by atoms with E-state index in [-0.39, 0.29) is 54.1 Å². The summed E-state index contributed by atoms with van der Waals surface area (Å²) in [4.78, 5) is 106. The van der Waals surface area contributed by atoms with Crippen LogP contribution in [-0.2, 0) is 100 Å². The zero-order valence-corrected chi connectivity index (χ0v) is 75.0. The summed E-state index contributed by atoms with van der Waals surface area (Å²) in [6, 6.07) is 61.4. The van der Waals surface area contributed by atoms with Crippen molar-refractivity contribution in [2.45, 2.75) is 251 Å². The Morgan fingerprint density at radius 3 is 1.35 bits per heavy atom. The minimum atomic E-state index is -2.84. The first kappa shape index (κ1) is 99.2. The minimum absolute atomic E-state index is 0.00609. The highest BCUT2D eigenvalue weighted by molar-refractivity contribution is 6.76. The highest BCUT2D eigenvalue weighted by Crippen LogP contribution is 2.41. The van der Waals surface area contributed by atoms with E-state index in [1.165, 1.54) is 114 Å². The highest BCUT2D eigenvalue weighted by atomic mass is 35.6. The van der Waals surface area contributed by atoms with Crippen molar-refractivity contribution in [3.63, 3.8) is 0 Å². The number of benzene rings is 8. The van der Waals surface area contributed by atoms with Crippen LogP contribution in [0.4, 0.5) is 0 Å². The van der Waals surface area contributed by atoms with Gasteiger partial charge in [-0.25, -0.2) is 24.0 Å². The van der Waals surface area contributed by atoms with E-state index in [1.54, 1.807) is 165 Å². The van der Waals surface area contributed by atoms with Crippen LogP contribution in [0.15, 0.2) is 242 Å². The number of hydrogen-bond donors (Lipinski definition) is 1. The molecule has 0 aromatic heterocycles. The number of carbonyl (C=O) groups is 7. The fourth-order valence-electron chi connectivity index (χ4n) is 15.5. The third-order valence-electron chi connectivity index (χ3n) is 22.3. The normalized spacial score (nSPS) is 22.5. The molecule has 129 heavy (non-hydrogen) atoms. The molecule has 1 N–H and O–H groups in total. The lowest BCUT2D eigenvalue weighted by molar-refractivity contribution is -0.373. The van der Waals surface area contributed by atoms with Crippen molar-refractivity contribution < 1.29 is 109 Å². The molecule has 3 heterocycles. The van der Waals surface area contributed by atoms with Crippen LogP contribution in [0.2, 0.25) is 0 Å². The Hall–Kier alpha value is -10.3. The van der Waals surface area contributed by atoms with E-state index in [4.69, 9.17) is 111 Å². The van der Waals surface area contributed by atoms with E-state index in [1.807, 2.05) is 30.3 Å². The maximum absolute atomic E-state index is 15.5. The molecule has 1 amide bonds. The van der Waals surface area contributed by atoms with Crippen molar-refractivity contribution in [2.24, 2.45) is 5.11 Å². The largest absolute Gasteiger partial charge is 0.497 e. The van der Waals surface area contributed by atoms with Gasteiger partial charge in [0.15, 0.2) is 49.4 Å². The van der Waals surface area contributed by atoms with Crippen LogP contribution in [0.3, 0.4) is 0 Å². The lowest BCUT2D eigenvalue weighted by Gasteiger charge is -2.51. The van der Waals surface area contributed by atoms with Gasteiger partial charge in [0.05, 0.1) is 80.1 Å². The molecule has 688 valence electrons. The van der Waals surface area contributed by atoms with Crippen LogP contribution in [-0.4, -0.2) is 177 Å². The summed E-state index contributed by atoms with van der Waals surface area (Å²) >= 11 is 20.0. The minimum Gasteiger partial charge on any atom is -0.497 e. The second-order valence-electron chi connectivity index (χ2n) is 31.8. The van der Waals surface area contributed by atoms with Crippen molar-refractivity contribution in [3.8, 4) is 5.75 Å². The Morgan fingerprint density at radius 1 is 0.434 bits per heavy atom. The highest BCUT2D eigenvalue weighted by Gasteiger charge is 2.60. The summed E-state index contributed by atoms with van der Waals surface area (Å²) in [6.45, 7) is 2.61. The fourth-order valence-corrected chi connectivity index (χ4v) is 15.7. The van der Waals surface area contributed by atoms with Gasteiger partial charge in [-0.15, -0.1) is 0 Å². The van der Waals surface area contributed by atoms with Crippen LogP contribution in [0, 0.1) is 0 Å². The molecule has 0 saturated carbocycles. The van der Waals surface area contributed by atoms with Gasteiger partial charge in [0.2, 0.25) is 0 Å². The predicted octanol–water partition coefficient (Wildman–Crippen LogP) is 18.9. The summed E-state index contributed by atoms with van der Waals surface area (Å²) in [6.07, 6.45) is -9.26. The Balaban J connectivity index is 1.06.